The average molecular weight is 298 g/mol. The normalized spacial score (nSPS) is 24.6. The molecule has 2 atom stereocenters. The Kier molecular flexibility index (Phi) is 4.37. The van der Waals surface area contributed by atoms with Gasteiger partial charge in [0.05, 0.1) is 0 Å². The van der Waals surface area contributed by atoms with Crippen molar-refractivity contribution in [3.63, 3.8) is 0 Å². The zero-order valence-corrected chi connectivity index (χ0v) is 12.1. The maximum absolute atomic E-state index is 4.39. The Labute approximate surface area is 112 Å². The number of aryl methyl sites for hydroxylation is 1. The summed E-state index contributed by atoms with van der Waals surface area (Å²) in [5.41, 5.74) is 0. The lowest BCUT2D eigenvalue weighted by atomic mass is 9.82. The molecule has 0 aromatic carbocycles. The molecule has 0 amide bonds. The summed E-state index contributed by atoms with van der Waals surface area (Å²) in [6, 6.07) is 1.94. The quantitative estimate of drug-likeness (QED) is 0.863. The van der Waals surface area contributed by atoms with Crippen LogP contribution < -0.4 is 5.32 Å². The van der Waals surface area contributed by atoms with Crippen LogP contribution in [0.4, 0.5) is 5.82 Å². The molecule has 0 radical (unpaired) electrons. The first-order valence-corrected chi connectivity index (χ1v) is 7.18. The maximum atomic E-state index is 4.39. The van der Waals surface area contributed by atoms with E-state index in [1.165, 1.54) is 25.7 Å². The van der Waals surface area contributed by atoms with E-state index in [2.05, 4.69) is 38.1 Å². The Morgan fingerprint density at radius 1 is 1.41 bits per heavy atom. The molecule has 1 aliphatic carbocycles. The number of halogens is 1. The fraction of sp³-hybridized carbons (Fsp3) is 0.692. The summed E-state index contributed by atoms with van der Waals surface area (Å²) in [4.78, 5) is 8.59. The molecule has 0 spiro atoms. The summed E-state index contributed by atoms with van der Waals surface area (Å²) >= 11 is 3.40. The molecule has 3 nitrogen and oxygen atoms in total. The number of aromatic nitrogens is 2. The smallest absolute Gasteiger partial charge is 0.130 e. The highest BCUT2D eigenvalue weighted by molar-refractivity contribution is 9.10. The van der Waals surface area contributed by atoms with Crippen molar-refractivity contribution in [3.05, 3.63) is 16.5 Å². The number of hydrogen-bond donors (Lipinski definition) is 1. The van der Waals surface area contributed by atoms with Crippen molar-refractivity contribution in [2.75, 3.05) is 11.9 Å². The Balaban J connectivity index is 1.88. The van der Waals surface area contributed by atoms with Crippen LogP contribution in [-0.4, -0.2) is 16.5 Å². The number of rotatable bonds is 3. The van der Waals surface area contributed by atoms with Crippen molar-refractivity contribution in [1.29, 1.82) is 0 Å². The molecule has 17 heavy (non-hydrogen) atoms. The molecule has 1 heterocycles. The summed E-state index contributed by atoms with van der Waals surface area (Å²) in [7, 11) is 0. The van der Waals surface area contributed by atoms with Crippen molar-refractivity contribution in [2.24, 2.45) is 11.8 Å². The predicted molar refractivity (Wildman–Crippen MR) is 74.1 cm³/mol. The third kappa shape index (κ3) is 3.95. The van der Waals surface area contributed by atoms with Crippen molar-refractivity contribution in [3.8, 4) is 0 Å². The molecule has 1 fully saturated rings. The molecule has 1 aromatic heterocycles. The lowest BCUT2D eigenvalue weighted by molar-refractivity contribution is 0.293. The van der Waals surface area contributed by atoms with Gasteiger partial charge < -0.3 is 5.32 Å². The maximum Gasteiger partial charge on any atom is 0.130 e. The van der Waals surface area contributed by atoms with E-state index in [4.69, 9.17) is 0 Å². The van der Waals surface area contributed by atoms with Crippen LogP contribution in [0.1, 0.15) is 38.4 Å². The topological polar surface area (TPSA) is 37.8 Å². The minimum Gasteiger partial charge on any atom is -0.370 e. The number of anilines is 1. The molecule has 1 saturated carbocycles. The van der Waals surface area contributed by atoms with Gasteiger partial charge in [-0.15, -0.1) is 0 Å². The van der Waals surface area contributed by atoms with Crippen molar-refractivity contribution < 1.29 is 0 Å². The molecule has 4 heteroatoms. The zero-order chi connectivity index (χ0) is 12.3. The van der Waals surface area contributed by atoms with Gasteiger partial charge in [-0.1, -0.05) is 19.8 Å². The minimum absolute atomic E-state index is 0.799. The molecule has 0 saturated heterocycles. The molecule has 94 valence electrons. The third-order valence-electron chi connectivity index (χ3n) is 3.42. The van der Waals surface area contributed by atoms with Crippen molar-refractivity contribution in [1.82, 2.24) is 9.97 Å². The van der Waals surface area contributed by atoms with Gasteiger partial charge in [-0.25, -0.2) is 9.97 Å². The summed E-state index contributed by atoms with van der Waals surface area (Å²) in [5, 5.41) is 3.44. The first kappa shape index (κ1) is 12.8. The van der Waals surface area contributed by atoms with Crippen LogP contribution in [0.3, 0.4) is 0 Å². The summed E-state index contributed by atoms with van der Waals surface area (Å²) < 4.78 is 0.851. The highest BCUT2D eigenvalue weighted by Crippen LogP contribution is 2.28. The van der Waals surface area contributed by atoms with Gasteiger partial charge in [0.1, 0.15) is 16.2 Å². The van der Waals surface area contributed by atoms with E-state index in [1.54, 1.807) is 0 Å². The van der Waals surface area contributed by atoms with Crippen molar-refractivity contribution >= 4 is 21.7 Å². The van der Waals surface area contributed by atoms with Gasteiger partial charge in [0, 0.05) is 12.6 Å². The van der Waals surface area contributed by atoms with E-state index in [0.717, 1.165) is 34.6 Å². The monoisotopic (exact) mass is 297 g/mol. The van der Waals surface area contributed by atoms with Crippen LogP contribution in [0.15, 0.2) is 10.7 Å². The molecule has 0 bridgehead atoms. The van der Waals surface area contributed by atoms with E-state index >= 15 is 0 Å². The van der Waals surface area contributed by atoms with Gasteiger partial charge >= 0.3 is 0 Å². The average Bonchev–Trinajstić information content (AvgIpc) is 2.25. The van der Waals surface area contributed by atoms with Crippen LogP contribution in [0.25, 0.3) is 0 Å². The molecule has 0 aliphatic heterocycles. The highest BCUT2D eigenvalue weighted by atomic mass is 79.9. The van der Waals surface area contributed by atoms with Gasteiger partial charge in [-0.05, 0) is 47.5 Å². The van der Waals surface area contributed by atoms with Crippen LogP contribution in [0, 0.1) is 18.8 Å². The predicted octanol–water partition coefficient (Wildman–Crippen LogP) is 3.79. The number of nitrogens with zero attached hydrogens (tertiary/aromatic N) is 2. The molecule has 2 rings (SSSR count). The fourth-order valence-corrected chi connectivity index (χ4v) is 3.09. The van der Waals surface area contributed by atoms with Gasteiger partial charge in [-0.2, -0.15) is 0 Å². The molecular weight excluding hydrogens is 278 g/mol. The molecule has 2 unspecified atom stereocenters. The standard InChI is InChI=1S/C13H20BrN3/c1-9-4-3-5-11(6-9)8-15-13-7-12(14)16-10(2)17-13/h7,9,11H,3-6,8H2,1-2H3,(H,15,16,17). The Hall–Kier alpha value is -0.640. The van der Waals surface area contributed by atoms with Crippen LogP contribution in [-0.2, 0) is 0 Å². The van der Waals surface area contributed by atoms with E-state index in [0.29, 0.717) is 0 Å². The first-order valence-electron chi connectivity index (χ1n) is 6.38. The summed E-state index contributed by atoms with van der Waals surface area (Å²) in [5.74, 6) is 3.42. The Morgan fingerprint density at radius 2 is 2.24 bits per heavy atom. The van der Waals surface area contributed by atoms with E-state index < -0.39 is 0 Å². The molecule has 1 aliphatic rings. The zero-order valence-electron chi connectivity index (χ0n) is 10.5. The van der Waals surface area contributed by atoms with Crippen molar-refractivity contribution in [2.45, 2.75) is 39.5 Å². The second-order valence-electron chi connectivity index (χ2n) is 5.14. The second-order valence-corrected chi connectivity index (χ2v) is 5.95. The van der Waals surface area contributed by atoms with Gasteiger partial charge in [0.25, 0.3) is 0 Å². The largest absolute Gasteiger partial charge is 0.370 e. The van der Waals surface area contributed by atoms with Gasteiger partial charge in [0.15, 0.2) is 0 Å². The third-order valence-corrected chi connectivity index (χ3v) is 3.83. The van der Waals surface area contributed by atoms with Crippen LogP contribution in [0.2, 0.25) is 0 Å². The Morgan fingerprint density at radius 3 is 2.94 bits per heavy atom. The SMILES string of the molecule is Cc1nc(Br)cc(NCC2CCCC(C)C2)n1. The minimum atomic E-state index is 0.799. The Bertz CT molecular complexity index is 361. The van der Waals surface area contributed by atoms with E-state index in [-0.39, 0.29) is 0 Å². The number of hydrogen-bond acceptors (Lipinski definition) is 3. The van der Waals surface area contributed by atoms with E-state index in [9.17, 15) is 0 Å². The fourth-order valence-electron chi connectivity index (χ4n) is 2.62. The highest BCUT2D eigenvalue weighted by Gasteiger charge is 2.18. The molecule has 1 aromatic rings. The molecular formula is C13H20BrN3. The van der Waals surface area contributed by atoms with Crippen LogP contribution >= 0.6 is 15.9 Å². The lowest BCUT2D eigenvalue weighted by Gasteiger charge is -2.26. The van der Waals surface area contributed by atoms with E-state index in [1.807, 2.05) is 13.0 Å². The summed E-state index contributed by atoms with van der Waals surface area (Å²) in [6.45, 7) is 5.31. The number of nitrogens with one attached hydrogen (secondary N) is 1. The lowest BCUT2D eigenvalue weighted by Crippen LogP contribution is -2.21. The van der Waals surface area contributed by atoms with Crippen LogP contribution in [0.5, 0.6) is 0 Å². The summed E-state index contributed by atoms with van der Waals surface area (Å²) in [6.07, 6.45) is 5.47. The second kappa shape index (κ2) is 5.80. The molecule has 1 N–H and O–H groups in total. The van der Waals surface area contributed by atoms with Gasteiger partial charge in [-0.3, -0.25) is 0 Å². The van der Waals surface area contributed by atoms with Gasteiger partial charge in [0.2, 0.25) is 0 Å². The first-order chi connectivity index (χ1) is 8.13.